The fourth-order valence-corrected chi connectivity index (χ4v) is 3.81. The van der Waals surface area contributed by atoms with Gasteiger partial charge in [-0.05, 0) is 19.1 Å². The van der Waals surface area contributed by atoms with Crippen LogP contribution in [0.15, 0.2) is 36.0 Å². The minimum atomic E-state index is -0.171. The Morgan fingerprint density at radius 1 is 1.26 bits per heavy atom. The summed E-state index contributed by atoms with van der Waals surface area (Å²) in [5.41, 5.74) is 5.17. The van der Waals surface area contributed by atoms with Crippen molar-refractivity contribution in [3.63, 3.8) is 0 Å². The summed E-state index contributed by atoms with van der Waals surface area (Å²) in [6, 6.07) is 5.52. The Kier molecular flexibility index (Phi) is 4.33. The molecule has 4 aromatic rings. The normalized spacial score (nSPS) is 10.9. The number of fused-ring (bicyclic) bond motifs is 1. The van der Waals surface area contributed by atoms with E-state index in [9.17, 15) is 4.79 Å². The van der Waals surface area contributed by atoms with E-state index in [0.717, 1.165) is 38.6 Å². The molecule has 0 radical (unpaired) electrons. The third-order valence-electron chi connectivity index (χ3n) is 4.06. The van der Waals surface area contributed by atoms with Crippen molar-refractivity contribution in [1.82, 2.24) is 19.9 Å². The van der Waals surface area contributed by atoms with Gasteiger partial charge in [-0.1, -0.05) is 0 Å². The summed E-state index contributed by atoms with van der Waals surface area (Å²) < 4.78 is 5.49. The van der Waals surface area contributed by atoms with Crippen LogP contribution in [-0.2, 0) is 4.79 Å². The van der Waals surface area contributed by atoms with E-state index in [2.05, 4.69) is 25.3 Å². The van der Waals surface area contributed by atoms with Crippen LogP contribution in [0.2, 0.25) is 0 Å². The summed E-state index contributed by atoms with van der Waals surface area (Å²) in [4.78, 5) is 28.2. The number of nitrogens with one attached hydrogen (secondary N) is 2. The zero-order valence-corrected chi connectivity index (χ0v) is 15.8. The molecule has 0 unspecified atom stereocenters. The molecule has 1 amide bonds. The second-order valence-corrected chi connectivity index (χ2v) is 6.87. The number of aromatic amines is 1. The monoisotopic (exact) mass is 379 g/mol. The van der Waals surface area contributed by atoms with Gasteiger partial charge in [0.25, 0.3) is 0 Å². The number of amides is 1. The summed E-state index contributed by atoms with van der Waals surface area (Å²) in [6.45, 7) is 3.42. The smallest absolute Gasteiger partial charge is 0.222 e. The van der Waals surface area contributed by atoms with Crippen LogP contribution >= 0.6 is 11.3 Å². The molecule has 0 bridgehead atoms. The first-order valence-corrected chi connectivity index (χ1v) is 9.16. The number of H-pyrrole nitrogens is 1. The maximum atomic E-state index is 11.4. The number of hydrogen-bond donors (Lipinski definition) is 2. The Morgan fingerprint density at radius 2 is 2.07 bits per heavy atom. The molecule has 7 nitrogen and oxygen atoms in total. The number of aromatic nitrogens is 4. The number of methoxy groups -OCH3 is 1. The number of nitrogens with zero attached hydrogens (tertiary/aromatic N) is 3. The lowest BCUT2D eigenvalue weighted by atomic mass is 10.1. The van der Waals surface area contributed by atoms with Gasteiger partial charge in [0.1, 0.15) is 27.6 Å². The first-order chi connectivity index (χ1) is 13.1. The Balaban J connectivity index is 1.98. The summed E-state index contributed by atoms with van der Waals surface area (Å²) in [5.74, 6) is 1.02. The highest BCUT2D eigenvalue weighted by molar-refractivity contribution is 7.13. The van der Waals surface area contributed by atoms with Gasteiger partial charge in [-0.25, -0.2) is 9.97 Å². The Labute approximate surface area is 159 Å². The molecule has 0 aliphatic heterocycles. The van der Waals surface area contributed by atoms with Crippen molar-refractivity contribution >= 4 is 34.1 Å². The van der Waals surface area contributed by atoms with Gasteiger partial charge in [-0.2, -0.15) is 0 Å². The zero-order valence-electron chi connectivity index (χ0n) is 15.0. The third-order valence-corrected chi connectivity index (χ3v) is 5.03. The summed E-state index contributed by atoms with van der Waals surface area (Å²) in [5, 5.41) is 5.59. The molecule has 0 saturated heterocycles. The molecular weight excluding hydrogens is 362 g/mol. The number of hydrogen-bond acceptors (Lipinski definition) is 6. The van der Waals surface area contributed by atoms with E-state index in [-0.39, 0.29) is 5.91 Å². The predicted octanol–water partition coefficient (Wildman–Crippen LogP) is 4.02. The minimum absolute atomic E-state index is 0.171. The zero-order chi connectivity index (χ0) is 19.0. The minimum Gasteiger partial charge on any atom is -0.494 e. The number of thiazole rings is 1. The first kappa shape index (κ1) is 17.2. The van der Waals surface area contributed by atoms with Gasteiger partial charge < -0.3 is 15.0 Å². The summed E-state index contributed by atoms with van der Waals surface area (Å²) in [7, 11) is 1.63. The van der Waals surface area contributed by atoms with E-state index < -0.39 is 0 Å². The average molecular weight is 379 g/mol. The quantitative estimate of drug-likeness (QED) is 0.558. The van der Waals surface area contributed by atoms with Gasteiger partial charge in [0.2, 0.25) is 5.91 Å². The standard InChI is InChI=1S/C19H17N5O2S/c1-10-9-27-19(22-10)15-16(12-4-6-20-14(8-12)23-11(2)25)24-17-13(26-3)5-7-21-18(15)17/h4-9,24H,1-3H3,(H,20,23,25). The fourth-order valence-electron chi connectivity index (χ4n) is 2.96. The van der Waals surface area contributed by atoms with Gasteiger partial charge >= 0.3 is 0 Å². The number of rotatable bonds is 4. The lowest BCUT2D eigenvalue weighted by Gasteiger charge is -2.05. The molecule has 0 aliphatic rings. The van der Waals surface area contributed by atoms with Crippen LogP contribution in [-0.4, -0.2) is 33.0 Å². The summed E-state index contributed by atoms with van der Waals surface area (Å²) in [6.07, 6.45) is 3.38. The third kappa shape index (κ3) is 3.15. The Morgan fingerprint density at radius 3 is 2.78 bits per heavy atom. The SMILES string of the molecule is COc1ccnc2c(-c3nc(C)cs3)c(-c3ccnc(NC(C)=O)c3)[nH]c12. The molecule has 0 saturated carbocycles. The van der Waals surface area contributed by atoms with Gasteiger partial charge in [0.15, 0.2) is 0 Å². The van der Waals surface area contributed by atoms with Crippen molar-refractivity contribution in [2.24, 2.45) is 0 Å². The topological polar surface area (TPSA) is 92.8 Å². The second kappa shape index (κ2) is 6.81. The molecule has 2 N–H and O–H groups in total. The molecule has 27 heavy (non-hydrogen) atoms. The van der Waals surface area contributed by atoms with Crippen LogP contribution in [0, 0.1) is 6.92 Å². The first-order valence-electron chi connectivity index (χ1n) is 8.28. The van der Waals surface area contributed by atoms with Crippen molar-refractivity contribution in [3.8, 4) is 27.6 Å². The molecule has 0 aliphatic carbocycles. The number of aryl methyl sites for hydroxylation is 1. The summed E-state index contributed by atoms with van der Waals surface area (Å²) >= 11 is 1.56. The van der Waals surface area contributed by atoms with E-state index in [1.807, 2.05) is 30.5 Å². The maximum Gasteiger partial charge on any atom is 0.222 e. The number of anilines is 1. The Bertz CT molecular complexity index is 1150. The van der Waals surface area contributed by atoms with Gasteiger partial charge in [0, 0.05) is 42.0 Å². The largest absolute Gasteiger partial charge is 0.494 e. The van der Waals surface area contributed by atoms with Gasteiger partial charge in [-0.3, -0.25) is 9.78 Å². The van der Waals surface area contributed by atoms with Crippen molar-refractivity contribution in [2.75, 3.05) is 12.4 Å². The van der Waals surface area contributed by atoms with Crippen LogP contribution in [0.1, 0.15) is 12.6 Å². The van der Waals surface area contributed by atoms with Crippen molar-refractivity contribution in [2.45, 2.75) is 13.8 Å². The van der Waals surface area contributed by atoms with Crippen LogP contribution < -0.4 is 10.1 Å². The number of pyridine rings is 2. The molecule has 8 heteroatoms. The van der Waals surface area contributed by atoms with E-state index in [1.54, 1.807) is 30.8 Å². The van der Waals surface area contributed by atoms with Crippen LogP contribution in [0.5, 0.6) is 5.75 Å². The molecular formula is C19H17N5O2S. The molecule has 0 atom stereocenters. The molecule has 0 fully saturated rings. The van der Waals surface area contributed by atoms with Gasteiger partial charge in [0.05, 0.1) is 18.4 Å². The molecule has 0 spiro atoms. The predicted molar refractivity (Wildman–Crippen MR) is 106 cm³/mol. The highest BCUT2D eigenvalue weighted by Gasteiger charge is 2.21. The highest BCUT2D eigenvalue weighted by atomic mass is 32.1. The van der Waals surface area contributed by atoms with E-state index in [1.165, 1.54) is 6.92 Å². The van der Waals surface area contributed by atoms with Crippen LogP contribution in [0.4, 0.5) is 5.82 Å². The van der Waals surface area contributed by atoms with Crippen molar-refractivity contribution in [3.05, 3.63) is 41.7 Å². The second-order valence-electron chi connectivity index (χ2n) is 6.02. The average Bonchev–Trinajstić information content (AvgIpc) is 3.24. The van der Waals surface area contributed by atoms with E-state index in [0.29, 0.717) is 11.6 Å². The molecule has 4 heterocycles. The number of carbonyl (C=O) groups is 1. The Hall–Kier alpha value is -3.26. The molecule has 4 rings (SSSR count). The molecule has 136 valence electrons. The molecule has 0 aromatic carbocycles. The van der Waals surface area contributed by atoms with E-state index in [4.69, 9.17) is 4.74 Å². The molecule has 4 aromatic heterocycles. The number of carbonyl (C=O) groups excluding carboxylic acids is 1. The fraction of sp³-hybridized carbons (Fsp3) is 0.158. The lowest BCUT2D eigenvalue weighted by Crippen LogP contribution is -2.07. The lowest BCUT2D eigenvalue weighted by molar-refractivity contribution is -0.114. The van der Waals surface area contributed by atoms with Crippen LogP contribution in [0.25, 0.3) is 32.9 Å². The van der Waals surface area contributed by atoms with Crippen LogP contribution in [0.3, 0.4) is 0 Å². The highest BCUT2D eigenvalue weighted by Crippen LogP contribution is 2.41. The number of ether oxygens (including phenoxy) is 1. The van der Waals surface area contributed by atoms with Crippen molar-refractivity contribution < 1.29 is 9.53 Å². The maximum absolute atomic E-state index is 11.4. The van der Waals surface area contributed by atoms with E-state index >= 15 is 0 Å². The van der Waals surface area contributed by atoms with Gasteiger partial charge in [-0.15, -0.1) is 11.3 Å². The van der Waals surface area contributed by atoms with Crippen molar-refractivity contribution in [1.29, 1.82) is 0 Å².